The molecular formula is C15H32N2O. The van der Waals surface area contributed by atoms with Gasteiger partial charge in [0, 0.05) is 26.2 Å². The summed E-state index contributed by atoms with van der Waals surface area (Å²) in [5.74, 6) is 0.840. The Morgan fingerprint density at radius 2 is 2.11 bits per heavy atom. The van der Waals surface area contributed by atoms with Gasteiger partial charge in [-0.3, -0.25) is 0 Å². The van der Waals surface area contributed by atoms with Crippen LogP contribution in [-0.4, -0.2) is 39.4 Å². The van der Waals surface area contributed by atoms with E-state index in [1.54, 1.807) is 7.11 Å². The monoisotopic (exact) mass is 256 g/mol. The minimum absolute atomic E-state index is 0.522. The largest absolute Gasteiger partial charge is 0.383 e. The molecule has 1 aliphatic carbocycles. The predicted molar refractivity (Wildman–Crippen MR) is 77.9 cm³/mol. The van der Waals surface area contributed by atoms with Crippen LogP contribution in [0.15, 0.2) is 0 Å². The highest BCUT2D eigenvalue weighted by molar-refractivity contribution is 4.84. The van der Waals surface area contributed by atoms with E-state index < -0.39 is 0 Å². The first-order valence-corrected chi connectivity index (χ1v) is 7.49. The number of nitrogens with one attached hydrogen (secondary N) is 2. The lowest BCUT2D eigenvalue weighted by molar-refractivity contribution is 0.132. The summed E-state index contributed by atoms with van der Waals surface area (Å²) < 4.78 is 5.02. The molecule has 0 heterocycles. The molecule has 0 bridgehead atoms. The molecule has 0 saturated heterocycles. The lowest BCUT2D eigenvalue weighted by Crippen LogP contribution is -2.43. The van der Waals surface area contributed by atoms with Crippen LogP contribution in [0.1, 0.15) is 46.5 Å². The number of hydrogen-bond acceptors (Lipinski definition) is 3. The summed E-state index contributed by atoms with van der Waals surface area (Å²) in [6.45, 7) is 11.0. The van der Waals surface area contributed by atoms with Crippen LogP contribution in [0.25, 0.3) is 0 Å². The second-order valence-corrected chi connectivity index (χ2v) is 6.44. The van der Waals surface area contributed by atoms with Crippen molar-refractivity contribution >= 4 is 0 Å². The summed E-state index contributed by atoms with van der Waals surface area (Å²) >= 11 is 0. The summed E-state index contributed by atoms with van der Waals surface area (Å²) in [6.07, 6.45) is 5.61. The molecule has 1 rings (SSSR count). The topological polar surface area (TPSA) is 33.3 Å². The van der Waals surface area contributed by atoms with Gasteiger partial charge in [-0.25, -0.2) is 0 Å². The average Bonchev–Trinajstić information content (AvgIpc) is 2.33. The molecule has 2 N–H and O–H groups in total. The van der Waals surface area contributed by atoms with Crippen molar-refractivity contribution in [3.8, 4) is 0 Å². The number of methoxy groups -OCH3 is 1. The maximum absolute atomic E-state index is 5.02. The Labute approximate surface area is 113 Å². The van der Waals surface area contributed by atoms with E-state index in [4.69, 9.17) is 4.74 Å². The van der Waals surface area contributed by atoms with Crippen molar-refractivity contribution in [1.29, 1.82) is 0 Å². The molecule has 108 valence electrons. The zero-order chi connectivity index (χ0) is 13.4. The van der Waals surface area contributed by atoms with E-state index in [1.807, 2.05) is 0 Å². The van der Waals surface area contributed by atoms with Gasteiger partial charge in [-0.05, 0) is 37.6 Å². The van der Waals surface area contributed by atoms with E-state index >= 15 is 0 Å². The molecule has 0 aromatic rings. The molecular weight excluding hydrogens is 224 g/mol. The summed E-state index contributed by atoms with van der Waals surface area (Å²) in [5.41, 5.74) is 0.522. The van der Waals surface area contributed by atoms with Crippen molar-refractivity contribution in [1.82, 2.24) is 10.6 Å². The van der Waals surface area contributed by atoms with Crippen molar-refractivity contribution in [2.45, 2.75) is 52.5 Å². The first-order chi connectivity index (χ1) is 8.56. The molecule has 3 nitrogen and oxygen atoms in total. The van der Waals surface area contributed by atoms with Crippen molar-refractivity contribution in [3.05, 3.63) is 0 Å². The minimum atomic E-state index is 0.522. The van der Waals surface area contributed by atoms with Gasteiger partial charge in [-0.2, -0.15) is 0 Å². The van der Waals surface area contributed by atoms with Crippen LogP contribution in [0, 0.1) is 11.3 Å². The summed E-state index contributed by atoms with van der Waals surface area (Å²) in [4.78, 5) is 0. The van der Waals surface area contributed by atoms with Gasteiger partial charge < -0.3 is 15.4 Å². The molecule has 0 aromatic carbocycles. The SMILES string of the molecule is COCCNCC(C)NCC1CCCCC1(C)C. The second-order valence-electron chi connectivity index (χ2n) is 6.44. The fourth-order valence-electron chi connectivity index (χ4n) is 2.85. The zero-order valence-corrected chi connectivity index (χ0v) is 12.7. The molecule has 0 radical (unpaired) electrons. The van der Waals surface area contributed by atoms with Gasteiger partial charge in [0.05, 0.1) is 6.61 Å². The van der Waals surface area contributed by atoms with Crippen molar-refractivity contribution < 1.29 is 4.74 Å². The molecule has 0 amide bonds. The van der Waals surface area contributed by atoms with E-state index in [0.29, 0.717) is 11.5 Å². The maximum atomic E-state index is 5.02. The lowest BCUT2D eigenvalue weighted by atomic mass is 9.69. The van der Waals surface area contributed by atoms with Gasteiger partial charge in [0.25, 0.3) is 0 Å². The Balaban J connectivity index is 2.14. The average molecular weight is 256 g/mol. The fraction of sp³-hybridized carbons (Fsp3) is 1.00. The Morgan fingerprint density at radius 3 is 2.78 bits per heavy atom. The smallest absolute Gasteiger partial charge is 0.0587 e. The first kappa shape index (κ1) is 15.9. The number of rotatable bonds is 8. The second kappa shape index (κ2) is 8.13. The van der Waals surface area contributed by atoms with Crippen LogP contribution in [0.5, 0.6) is 0 Å². The van der Waals surface area contributed by atoms with E-state index in [2.05, 4.69) is 31.4 Å². The van der Waals surface area contributed by atoms with Gasteiger partial charge in [-0.15, -0.1) is 0 Å². The van der Waals surface area contributed by atoms with E-state index in [-0.39, 0.29) is 0 Å². The highest BCUT2D eigenvalue weighted by atomic mass is 16.5. The van der Waals surface area contributed by atoms with Gasteiger partial charge in [0.15, 0.2) is 0 Å². The van der Waals surface area contributed by atoms with Crippen molar-refractivity contribution in [3.63, 3.8) is 0 Å². The fourth-order valence-corrected chi connectivity index (χ4v) is 2.85. The van der Waals surface area contributed by atoms with Crippen molar-refractivity contribution in [2.75, 3.05) is 33.4 Å². The molecule has 1 saturated carbocycles. The normalized spacial score (nSPS) is 25.0. The molecule has 0 aliphatic heterocycles. The van der Waals surface area contributed by atoms with Crippen LogP contribution >= 0.6 is 0 Å². The van der Waals surface area contributed by atoms with Crippen LogP contribution < -0.4 is 10.6 Å². The van der Waals surface area contributed by atoms with Crippen molar-refractivity contribution in [2.24, 2.45) is 11.3 Å². The lowest BCUT2D eigenvalue weighted by Gasteiger charge is -2.39. The van der Waals surface area contributed by atoms with E-state index in [9.17, 15) is 0 Å². The Kier molecular flexibility index (Phi) is 7.20. The third-order valence-corrected chi connectivity index (χ3v) is 4.38. The standard InChI is InChI=1S/C15H32N2O/c1-13(11-16-9-10-18-4)17-12-14-7-5-6-8-15(14,2)3/h13-14,16-17H,5-12H2,1-4H3. The minimum Gasteiger partial charge on any atom is -0.383 e. The van der Waals surface area contributed by atoms with Crippen LogP contribution in [0.2, 0.25) is 0 Å². The number of hydrogen-bond donors (Lipinski definition) is 2. The molecule has 1 aliphatic rings. The van der Waals surface area contributed by atoms with Gasteiger partial charge in [0.2, 0.25) is 0 Å². The molecule has 3 heteroatoms. The third kappa shape index (κ3) is 5.68. The Bertz CT molecular complexity index is 219. The molecule has 2 atom stereocenters. The molecule has 0 aromatic heterocycles. The summed E-state index contributed by atoms with van der Waals surface area (Å²) in [7, 11) is 1.74. The molecule has 18 heavy (non-hydrogen) atoms. The quantitative estimate of drug-likeness (QED) is 0.654. The van der Waals surface area contributed by atoms with Crippen LogP contribution in [0.4, 0.5) is 0 Å². The number of ether oxygens (including phenoxy) is 1. The third-order valence-electron chi connectivity index (χ3n) is 4.38. The summed E-state index contributed by atoms with van der Waals surface area (Å²) in [6, 6.07) is 0.541. The predicted octanol–water partition coefficient (Wildman–Crippen LogP) is 2.42. The highest BCUT2D eigenvalue weighted by Crippen LogP contribution is 2.39. The van der Waals surface area contributed by atoms with E-state index in [0.717, 1.165) is 25.6 Å². The molecule has 2 unspecified atom stereocenters. The zero-order valence-electron chi connectivity index (χ0n) is 12.7. The van der Waals surface area contributed by atoms with Gasteiger partial charge >= 0.3 is 0 Å². The molecule has 1 fully saturated rings. The van der Waals surface area contributed by atoms with Crippen LogP contribution in [-0.2, 0) is 4.74 Å². The van der Waals surface area contributed by atoms with E-state index in [1.165, 1.54) is 32.2 Å². The Hall–Kier alpha value is -0.120. The highest BCUT2D eigenvalue weighted by Gasteiger charge is 2.31. The Morgan fingerprint density at radius 1 is 1.33 bits per heavy atom. The summed E-state index contributed by atoms with van der Waals surface area (Å²) in [5, 5.41) is 7.09. The first-order valence-electron chi connectivity index (χ1n) is 7.49. The van der Waals surface area contributed by atoms with Gasteiger partial charge in [-0.1, -0.05) is 26.7 Å². The van der Waals surface area contributed by atoms with Gasteiger partial charge in [0.1, 0.15) is 0 Å². The maximum Gasteiger partial charge on any atom is 0.0587 e. The van der Waals surface area contributed by atoms with Crippen LogP contribution in [0.3, 0.4) is 0 Å². The molecule has 0 spiro atoms.